The van der Waals surface area contributed by atoms with Gasteiger partial charge in [-0.1, -0.05) is 43.2 Å². The number of hydrogen-bond donors (Lipinski definition) is 2. The molecule has 1 aliphatic rings. The molecule has 1 fully saturated rings. The van der Waals surface area contributed by atoms with Crippen molar-refractivity contribution in [3.8, 4) is 0 Å². The molecular weight excluding hydrogens is 198 g/mol. The van der Waals surface area contributed by atoms with Crippen LogP contribution in [0.5, 0.6) is 0 Å². The Hall–Kier alpha value is -0.860. The fourth-order valence-corrected chi connectivity index (χ4v) is 2.81. The van der Waals surface area contributed by atoms with Gasteiger partial charge in [-0.2, -0.15) is 0 Å². The summed E-state index contributed by atoms with van der Waals surface area (Å²) in [6, 6.07) is 10.2. The van der Waals surface area contributed by atoms with Gasteiger partial charge >= 0.3 is 0 Å². The lowest BCUT2D eigenvalue weighted by Crippen LogP contribution is -2.40. The summed E-state index contributed by atoms with van der Waals surface area (Å²) in [6.45, 7) is 0.612. The molecule has 1 aliphatic carbocycles. The first kappa shape index (κ1) is 11.6. The zero-order valence-corrected chi connectivity index (χ0v) is 9.73. The molecule has 16 heavy (non-hydrogen) atoms. The van der Waals surface area contributed by atoms with Crippen LogP contribution in [0.1, 0.15) is 31.2 Å². The molecule has 0 amide bonds. The zero-order chi connectivity index (χ0) is 11.4. The topological polar surface area (TPSA) is 46.2 Å². The van der Waals surface area contributed by atoms with E-state index in [-0.39, 0.29) is 11.5 Å². The highest BCUT2D eigenvalue weighted by atomic mass is 16.3. The highest BCUT2D eigenvalue weighted by molar-refractivity contribution is 5.16. The standard InChI is InChI=1S/C14H21NO/c15-11-14(8-4-5-9-14)13(16)10-12-6-2-1-3-7-12/h1-3,6-7,13,16H,4-5,8-11,15H2. The van der Waals surface area contributed by atoms with Crippen molar-refractivity contribution in [2.45, 2.75) is 38.2 Å². The van der Waals surface area contributed by atoms with Gasteiger partial charge in [0.05, 0.1) is 6.10 Å². The maximum atomic E-state index is 10.4. The van der Waals surface area contributed by atoms with Gasteiger partial charge in [0, 0.05) is 12.0 Å². The van der Waals surface area contributed by atoms with Gasteiger partial charge in [0.15, 0.2) is 0 Å². The Bertz CT molecular complexity index is 317. The van der Waals surface area contributed by atoms with Crippen LogP contribution in [-0.2, 0) is 6.42 Å². The van der Waals surface area contributed by atoms with E-state index < -0.39 is 0 Å². The van der Waals surface area contributed by atoms with Crippen molar-refractivity contribution in [2.24, 2.45) is 11.1 Å². The van der Waals surface area contributed by atoms with Crippen molar-refractivity contribution in [1.29, 1.82) is 0 Å². The van der Waals surface area contributed by atoms with Crippen molar-refractivity contribution in [2.75, 3.05) is 6.54 Å². The molecule has 0 radical (unpaired) electrons. The lowest BCUT2D eigenvalue weighted by atomic mass is 9.78. The molecule has 88 valence electrons. The second-order valence-corrected chi connectivity index (χ2v) is 4.98. The van der Waals surface area contributed by atoms with E-state index in [4.69, 9.17) is 5.73 Å². The predicted molar refractivity (Wildman–Crippen MR) is 66.1 cm³/mol. The van der Waals surface area contributed by atoms with Crippen molar-refractivity contribution in [1.82, 2.24) is 0 Å². The van der Waals surface area contributed by atoms with Gasteiger partial charge in [0.25, 0.3) is 0 Å². The van der Waals surface area contributed by atoms with Crippen LogP contribution in [0, 0.1) is 5.41 Å². The van der Waals surface area contributed by atoms with Gasteiger partial charge < -0.3 is 10.8 Å². The number of hydrogen-bond acceptors (Lipinski definition) is 2. The molecule has 0 aromatic heterocycles. The molecule has 2 heteroatoms. The summed E-state index contributed by atoms with van der Waals surface area (Å²) in [7, 11) is 0. The van der Waals surface area contributed by atoms with E-state index in [0.29, 0.717) is 6.54 Å². The van der Waals surface area contributed by atoms with E-state index in [1.807, 2.05) is 18.2 Å². The average molecular weight is 219 g/mol. The summed E-state index contributed by atoms with van der Waals surface area (Å²) in [5, 5.41) is 10.4. The van der Waals surface area contributed by atoms with E-state index in [9.17, 15) is 5.11 Å². The molecule has 0 heterocycles. The van der Waals surface area contributed by atoms with Gasteiger partial charge in [0.2, 0.25) is 0 Å². The molecule has 1 unspecified atom stereocenters. The Labute approximate surface area is 97.5 Å². The lowest BCUT2D eigenvalue weighted by Gasteiger charge is -2.33. The van der Waals surface area contributed by atoms with E-state index in [1.54, 1.807) is 0 Å². The van der Waals surface area contributed by atoms with Crippen LogP contribution in [0.25, 0.3) is 0 Å². The molecule has 1 aromatic carbocycles. The third kappa shape index (κ3) is 2.28. The van der Waals surface area contributed by atoms with E-state index in [0.717, 1.165) is 19.3 Å². The summed E-state index contributed by atoms with van der Waals surface area (Å²) >= 11 is 0. The van der Waals surface area contributed by atoms with Gasteiger partial charge in [-0.05, 0) is 24.8 Å². The number of aliphatic hydroxyl groups excluding tert-OH is 1. The maximum Gasteiger partial charge on any atom is 0.0648 e. The smallest absolute Gasteiger partial charge is 0.0648 e. The van der Waals surface area contributed by atoms with Gasteiger partial charge in [-0.25, -0.2) is 0 Å². The molecule has 0 saturated heterocycles. The van der Waals surface area contributed by atoms with E-state index in [1.165, 1.54) is 18.4 Å². The highest BCUT2D eigenvalue weighted by Gasteiger charge is 2.39. The Kier molecular flexibility index (Phi) is 3.62. The third-order valence-corrected chi connectivity index (χ3v) is 3.98. The van der Waals surface area contributed by atoms with Crippen molar-refractivity contribution in [3.63, 3.8) is 0 Å². The Morgan fingerprint density at radius 3 is 2.38 bits per heavy atom. The molecule has 2 rings (SSSR count). The number of rotatable bonds is 4. The summed E-state index contributed by atoms with van der Waals surface area (Å²) in [4.78, 5) is 0. The summed E-state index contributed by atoms with van der Waals surface area (Å²) in [6.07, 6.45) is 5.03. The van der Waals surface area contributed by atoms with Gasteiger partial charge in [-0.3, -0.25) is 0 Å². The van der Waals surface area contributed by atoms with Crippen LogP contribution in [-0.4, -0.2) is 17.8 Å². The normalized spacial score (nSPS) is 20.9. The number of nitrogens with two attached hydrogens (primary N) is 1. The monoisotopic (exact) mass is 219 g/mol. The van der Waals surface area contributed by atoms with Crippen LogP contribution in [0.4, 0.5) is 0 Å². The van der Waals surface area contributed by atoms with Crippen LogP contribution in [0.3, 0.4) is 0 Å². The highest BCUT2D eigenvalue weighted by Crippen LogP contribution is 2.41. The Balaban J connectivity index is 2.04. The lowest BCUT2D eigenvalue weighted by molar-refractivity contribution is 0.0351. The molecule has 0 bridgehead atoms. The van der Waals surface area contributed by atoms with Gasteiger partial charge in [0.1, 0.15) is 0 Å². The summed E-state index contributed by atoms with van der Waals surface area (Å²) < 4.78 is 0. The molecule has 0 aliphatic heterocycles. The van der Waals surface area contributed by atoms with Crippen molar-refractivity contribution >= 4 is 0 Å². The first-order chi connectivity index (χ1) is 7.77. The van der Waals surface area contributed by atoms with Crippen LogP contribution < -0.4 is 5.73 Å². The molecule has 3 N–H and O–H groups in total. The Morgan fingerprint density at radius 1 is 1.19 bits per heavy atom. The largest absolute Gasteiger partial charge is 0.392 e. The second kappa shape index (κ2) is 4.98. The minimum absolute atomic E-state index is 0.0180. The van der Waals surface area contributed by atoms with E-state index >= 15 is 0 Å². The van der Waals surface area contributed by atoms with Crippen LogP contribution >= 0.6 is 0 Å². The van der Waals surface area contributed by atoms with Crippen LogP contribution in [0.15, 0.2) is 30.3 Å². The second-order valence-electron chi connectivity index (χ2n) is 4.98. The number of benzene rings is 1. The summed E-state index contributed by atoms with van der Waals surface area (Å²) in [5.74, 6) is 0. The molecular formula is C14H21NO. The zero-order valence-electron chi connectivity index (χ0n) is 9.73. The quantitative estimate of drug-likeness (QED) is 0.814. The van der Waals surface area contributed by atoms with Crippen molar-refractivity contribution < 1.29 is 5.11 Å². The predicted octanol–water partition coefficient (Wildman–Crippen LogP) is 2.11. The molecule has 1 atom stereocenters. The maximum absolute atomic E-state index is 10.4. The number of aliphatic hydroxyl groups is 1. The first-order valence-corrected chi connectivity index (χ1v) is 6.19. The first-order valence-electron chi connectivity index (χ1n) is 6.19. The van der Waals surface area contributed by atoms with Crippen molar-refractivity contribution in [3.05, 3.63) is 35.9 Å². The fourth-order valence-electron chi connectivity index (χ4n) is 2.81. The van der Waals surface area contributed by atoms with Crippen LogP contribution in [0.2, 0.25) is 0 Å². The van der Waals surface area contributed by atoms with Gasteiger partial charge in [-0.15, -0.1) is 0 Å². The third-order valence-electron chi connectivity index (χ3n) is 3.98. The van der Waals surface area contributed by atoms with E-state index in [2.05, 4.69) is 12.1 Å². The summed E-state index contributed by atoms with van der Waals surface area (Å²) in [5.41, 5.74) is 7.05. The molecule has 2 nitrogen and oxygen atoms in total. The minimum atomic E-state index is -0.289. The fraction of sp³-hybridized carbons (Fsp3) is 0.571. The Morgan fingerprint density at radius 2 is 1.81 bits per heavy atom. The molecule has 1 aromatic rings. The average Bonchev–Trinajstić information content (AvgIpc) is 2.80. The molecule has 0 spiro atoms. The molecule has 1 saturated carbocycles. The SMILES string of the molecule is NCC1(C(O)Cc2ccccc2)CCCC1. The minimum Gasteiger partial charge on any atom is -0.392 e.